The van der Waals surface area contributed by atoms with Crippen LogP contribution in [0.15, 0.2) is 59.1 Å². The Morgan fingerprint density at radius 2 is 1.95 bits per heavy atom. The minimum atomic E-state index is 0.819. The van der Waals surface area contributed by atoms with E-state index in [4.69, 9.17) is 4.74 Å². The first-order chi connectivity index (χ1) is 10.8. The van der Waals surface area contributed by atoms with E-state index in [1.807, 2.05) is 54.8 Å². The van der Waals surface area contributed by atoms with Gasteiger partial charge in [0.05, 0.1) is 15.7 Å². The molecule has 22 heavy (non-hydrogen) atoms. The van der Waals surface area contributed by atoms with E-state index >= 15 is 0 Å². The van der Waals surface area contributed by atoms with E-state index in [-0.39, 0.29) is 0 Å². The third-order valence-electron chi connectivity index (χ3n) is 3.35. The monoisotopic (exact) mass is 324 g/mol. The molecule has 0 fully saturated rings. The van der Waals surface area contributed by atoms with Crippen LogP contribution in [0.2, 0.25) is 0 Å². The topological polar surface area (TPSA) is 35.0 Å². The fourth-order valence-electron chi connectivity index (χ4n) is 2.32. The average Bonchev–Trinajstić information content (AvgIpc) is 2.98. The molecule has 0 saturated carbocycles. The summed E-state index contributed by atoms with van der Waals surface area (Å²) in [5.74, 6) is 1.64. The number of rotatable bonds is 3. The van der Waals surface area contributed by atoms with Crippen LogP contribution in [0, 0.1) is 0 Å². The van der Waals surface area contributed by atoms with Gasteiger partial charge in [0.25, 0.3) is 0 Å². The molecule has 2 aromatic carbocycles. The van der Waals surface area contributed by atoms with Crippen molar-refractivity contribution in [3.8, 4) is 11.5 Å². The van der Waals surface area contributed by atoms with Crippen molar-refractivity contribution in [2.24, 2.45) is 0 Å². The molecule has 108 valence electrons. The number of aromatic nitrogens is 2. The molecule has 0 atom stereocenters. The van der Waals surface area contributed by atoms with Crippen molar-refractivity contribution < 1.29 is 4.74 Å². The van der Waals surface area contributed by atoms with Crippen LogP contribution in [0.1, 0.15) is 0 Å². The van der Waals surface area contributed by atoms with Gasteiger partial charge in [-0.2, -0.15) is 0 Å². The molecule has 3 nitrogen and oxygen atoms in total. The van der Waals surface area contributed by atoms with Crippen molar-refractivity contribution in [3.63, 3.8) is 0 Å². The van der Waals surface area contributed by atoms with E-state index in [1.165, 1.54) is 0 Å². The zero-order valence-electron chi connectivity index (χ0n) is 11.8. The number of para-hydroxylation sites is 1. The maximum Gasteiger partial charge on any atom is 0.150 e. The number of benzene rings is 2. The third-order valence-corrected chi connectivity index (χ3v) is 5.36. The van der Waals surface area contributed by atoms with Crippen LogP contribution in [0.3, 0.4) is 0 Å². The zero-order valence-corrected chi connectivity index (χ0v) is 13.4. The first kappa shape index (κ1) is 13.5. The summed E-state index contributed by atoms with van der Waals surface area (Å²) in [6, 6.07) is 15.9. The predicted octanol–water partition coefficient (Wildman–Crippen LogP) is 5.36. The summed E-state index contributed by atoms with van der Waals surface area (Å²) in [6.45, 7) is 0. The predicted molar refractivity (Wildman–Crippen MR) is 93.2 cm³/mol. The third kappa shape index (κ3) is 2.42. The van der Waals surface area contributed by atoms with Gasteiger partial charge in [0.1, 0.15) is 11.5 Å². The molecule has 2 heterocycles. The molecule has 2 aromatic heterocycles. The van der Waals surface area contributed by atoms with Gasteiger partial charge in [-0.05, 0) is 36.6 Å². The second-order valence-corrected chi connectivity index (χ2v) is 6.83. The Balaban J connectivity index is 1.75. The summed E-state index contributed by atoms with van der Waals surface area (Å²) in [4.78, 5) is 8.90. The molecule has 0 aliphatic heterocycles. The van der Waals surface area contributed by atoms with Gasteiger partial charge >= 0.3 is 0 Å². The number of nitrogens with zero attached hydrogens (tertiary/aromatic N) is 2. The van der Waals surface area contributed by atoms with Crippen molar-refractivity contribution >= 4 is 44.2 Å². The van der Waals surface area contributed by atoms with Crippen LogP contribution in [0.25, 0.3) is 21.1 Å². The van der Waals surface area contributed by atoms with E-state index in [0.29, 0.717) is 0 Å². The van der Waals surface area contributed by atoms with Gasteiger partial charge < -0.3 is 4.74 Å². The minimum Gasteiger partial charge on any atom is -0.457 e. The molecule has 0 saturated heterocycles. The lowest BCUT2D eigenvalue weighted by atomic mass is 10.2. The number of hydrogen-bond acceptors (Lipinski definition) is 5. The zero-order chi connectivity index (χ0) is 14.9. The fraction of sp³-hybridized carbons (Fsp3) is 0.0588. The molecule has 0 bridgehead atoms. The van der Waals surface area contributed by atoms with Crippen LogP contribution in [-0.2, 0) is 0 Å². The quantitative estimate of drug-likeness (QED) is 0.475. The molecule has 4 rings (SSSR count). The van der Waals surface area contributed by atoms with E-state index in [0.717, 1.165) is 37.0 Å². The lowest BCUT2D eigenvalue weighted by molar-refractivity contribution is 0.489. The number of thioether (sulfide) groups is 1. The van der Waals surface area contributed by atoms with Crippen molar-refractivity contribution in [2.75, 3.05) is 6.26 Å². The van der Waals surface area contributed by atoms with Gasteiger partial charge in [0, 0.05) is 17.6 Å². The SMILES string of the molecule is CSc1nc2ccc(Oc3ccnc4ccccc34)cc2s1. The molecule has 0 aliphatic rings. The van der Waals surface area contributed by atoms with E-state index < -0.39 is 0 Å². The van der Waals surface area contributed by atoms with Crippen molar-refractivity contribution in [1.82, 2.24) is 9.97 Å². The first-order valence-electron chi connectivity index (χ1n) is 6.80. The maximum absolute atomic E-state index is 6.07. The lowest BCUT2D eigenvalue weighted by Crippen LogP contribution is -1.87. The summed E-state index contributed by atoms with van der Waals surface area (Å²) in [5.41, 5.74) is 1.95. The standard InChI is InChI=1S/C17H12N2OS2/c1-21-17-19-14-7-6-11(10-16(14)22-17)20-15-8-9-18-13-5-3-2-4-12(13)15/h2-10H,1H3. The number of fused-ring (bicyclic) bond motifs is 2. The highest BCUT2D eigenvalue weighted by Crippen LogP contribution is 2.33. The van der Waals surface area contributed by atoms with Gasteiger partial charge in [-0.3, -0.25) is 4.98 Å². The Kier molecular flexibility index (Phi) is 3.44. The average molecular weight is 324 g/mol. The highest BCUT2D eigenvalue weighted by Gasteiger charge is 2.07. The molecule has 0 spiro atoms. The van der Waals surface area contributed by atoms with Gasteiger partial charge in [-0.1, -0.05) is 23.9 Å². The normalized spacial score (nSPS) is 11.1. The van der Waals surface area contributed by atoms with Crippen LogP contribution in [-0.4, -0.2) is 16.2 Å². The Hall–Kier alpha value is -2.11. The smallest absolute Gasteiger partial charge is 0.150 e. The minimum absolute atomic E-state index is 0.819. The Bertz CT molecular complexity index is 960. The van der Waals surface area contributed by atoms with Crippen LogP contribution < -0.4 is 4.74 Å². The maximum atomic E-state index is 6.07. The first-order valence-corrected chi connectivity index (χ1v) is 8.84. The summed E-state index contributed by atoms with van der Waals surface area (Å²) >= 11 is 3.35. The van der Waals surface area contributed by atoms with E-state index in [1.54, 1.807) is 29.3 Å². The van der Waals surface area contributed by atoms with Crippen LogP contribution in [0.5, 0.6) is 11.5 Å². The number of thiazole rings is 1. The highest BCUT2D eigenvalue weighted by molar-refractivity contribution is 8.00. The summed E-state index contributed by atoms with van der Waals surface area (Å²) < 4.78 is 8.28. The van der Waals surface area contributed by atoms with Gasteiger partial charge in [-0.15, -0.1) is 11.3 Å². The summed E-state index contributed by atoms with van der Waals surface area (Å²) in [7, 11) is 0. The second kappa shape index (κ2) is 5.59. The highest BCUT2D eigenvalue weighted by atomic mass is 32.2. The molecule has 5 heteroatoms. The number of ether oxygens (including phenoxy) is 1. The van der Waals surface area contributed by atoms with Crippen LogP contribution in [0.4, 0.5) is 0 Å². The molecular weight excluding hydrogens is 312 g/mol. The summed E-state index contributed by atoms with van der Waals surface area (Å²) in [6.07, 6.45) is 3.81. The molecule has 0 N–H and O–H groups in total. The fourth-order valence-corrected chi connectivity index (χ4v) is 3.84. The Labute approximate surface area is 136 Å². The molecular formula is C17H12N2OS2. The van der Waals surface area contributed by atoms with E-state index in [2.05, 4.69) is 9.97 Å². The van der Waals surface area contributed by atoms with Gasteiger partial charge in [0.15, 0.2) is 4.34 Å². The largest absolute Gasteiger partial charge is 0.457 e. The lowest BCUT2D eigenvalue weighted by Gasteiger charge is -2.08. The number of pyridine rings is 1. The second-order valence-electron chi connectivity index (χ2n) is 4.74. The molecule has 4 aromatic rings. The van der Waals surface area contributed by atoms with Crippen molar-refractivity contribution in [1.29, 1.82) is 0 Å². The van der Waals surface area contributed by atoms with Gasteiger partial charge in [0.2, 0.25) is 0 Å². The van der Waals surface area contributed by atoms with Crippen molar-refractivity contribution in [3.05, 3.63) is 54.7 Å². The molecule has 0 amide bonds. The van der Waals surface area contributed by atoms with E-state index in [9.17, 15) is 0 Å². The molecule has 0 radical (unpaired) electrons. The number of hydrogen-bond donors (Lipinski definition) is 0. The molecule has 0 aliphatic carbocycles. The Morgan fingerprint density at radius 1 is 1.05 bits per heavy atom. The Morgan fingerprint density at radius 3 is 2.86 bits per heavy atom. The van der Waals surface area contributed by atoms with Crippen LogP contribution >= 0.6 is 23.1 Å². The van der Waals surface area contributed by atoms with Gasteiger partial charge in [-0.25, -0.2) is 4.98 Å². The summed E-state index contributed by atoms with van der Waals surface area (Å²) in [5, 5.41) is 1.01. The van der Waals surface area contributed by atoms with Crippen molar-refractivity contribution in [2.45, 2.75) is 4.34 Å². The molecule has 0 unspecified atom stereocenters.